The van der Waals surface area contributed by atoms with Gasteiger partial charge in [-0.25, -0.2) is 0 Å². The van der Waals surface area contributed by atoms with Crippen molar-refractivity contribution in [2.24, 2.45) is 0 Å². The second-order valence-electron chi connectivity index (χ2n) is 6.36. The number of benzene rings is 1. The van der Waals surface area contributed by atoms with Gasteiger partial charge < -0.3 is 20.5 Å². The van der Waals surface area contributed by atoms with E-state index in [-0.39, 0.29) is 18.6 Å². The standard InChI is InChI=1S/C19H29N3O3/c1-4-5-6-7-19(24)22-16-8-9-18(15(10-16)11-20)25-13-17(23)12-21-14(2)3/h8-10,14,17,21,23H,4-7,12-13H2,1-3H3,(H,22,24). The van der Waals surface area contributed by atoms with Crippen LogP contribution in [-0.2, 0) is 4.79 Å². The lowest BCUT2D eigenvalue weighted by Crippen LogP contribution is -2.35. The number of nitrogens with one attached hydrogen (secondary N) is 2. The van der Waals surface area contributed by atoms with E-state index in [9.17, 15) is 15.2 Å². The highest BCUT2D eigenvalue weighted by molar-refractivity contribution is 5.91. The van der Waals surface area contributed by atoms with E-state index in [1.807, 2.05) is 13.8 Å². The van der Waals surface area contributed by atoms with Gasteiger partial charge in [0.05, 0.1) is 5.56 Å². The predicted molar refractivity (Wildman–Crippen MR) is 98.6 cm³/mol. The van der Waals surface area contributed by atoms with E-state index in [0.717, 1.165) is 19.3 Å². The number of carbonyl (C=O) groups excluding carboxylic acids is 1. The molecule has 0 spiro atoms. The molecule has 0 saturated heterocycles. The zero-order valence-corrected chi connectivity index (χ0v) is 15.3. The summed E-state index contributed by atoms with van der Waals surface area (Å²) in [6.07, 6.45) is 2.76. The molecule has 0 aromatic heterocycles. The van der Waals surface area contributed by atoms with Gasteiger partial charge in [0, 0.05) is 24.7 Å². The number of rotatable bonds is 11. The number of hydrogen-bond donors (Lipinski definition) is 3. The predicted octanol–water partition coefficient (Wildman–Crippen LogP) is 2.81. The molecule has 1 atom stereocenters. The third-order valence-corrected chi connectivity index (χ3v) is 3.58. The van der Waals surface area contributed by atoms with Crippen molar-refractivity contribution in [1.82, 2.24) is 5.32 Å². The summed E-state index contributed by atoms with van der Waals surface area (Å²) in [6, 6.07) is 7.28. The topological polar surface area (TPSA) is 94.4 Å². The summed E-state index contributed by atoms with van der Waals surface area (Å²) >= 11 is 0. The molecule has 0 saturated carbocycles. The zero-order valence-electron chi connectivity index (χ0n) is 15.3. The molecule has 138 valence electrons. The number of nitrogens with zero attached hydrogens (tertiary/aromatic N) is 1. The van der Waals surface area contributed by atoms with Gasteiger partial charge in [0.2, 0.25) is 5.91 Å². The van der Waals surface area contributed by atoms with Gasteiger partial charge in [0.1, 0.15) is 24.5 Å². The number of ether oxygens (including phenoxy) is 1. The van der Waals surface area contributed by atoms with Crippen LogP contribution in [0, 0.1) is 11.3 Å². The third-order valence-electron chi connectivity index (χ3n) is 3.58. The minimum Gasteiger partial charge on any atom is -0.489 e. The van der Waals surface area contributed by atoms with Crippen LogP contribution < -0.4 is 15.4 Å². The first-order valence-corrected chi connectivity index (χ1v) is 8.84. The lowest BCUT2D eigenvalue weighted by Gasteiger charge is -2.16. The normalized spacial score (nSPS) is 11.8. The number of aliphatic hydroxyl groups excluding tert-OH is 1. The van der Waals surface area contributed by atoms with E-state index < -0.39 is 6.10 Å². The van der Waals surface area contributed by atoms with Gasteiger partial charge in [-0.1, -0.05) is 33.6 Å². The Balaban J connectivity index is 2.57. The minimum absolute atomic E-state index is 0.0545. The molecule has 6 heteroatoms. The van der Waals surface area contributed by atoms with E-state index in [1.165, 1.54) is 0 Å². The Labute approximate surface area is 150 Å². The SMILES string of the molecule is CCCCCC(=O)Nc1ccc(OCC(O)CNC(C)C)c(C#N)c1. The Morgan fingerprint density at radius 3 is 2.76 bits per heavy atom. The number of nitriles is 1. The summed E-state index contributed by atoms with van der Waals surface area (Å²) < 4.78 is 5.54. The molecule has 1 amide bonds. The van der Waals surface area contributed by atoms with Crippen LogP contribution >= 0.6 is 0 Å². The molecule has 0 bridgehead atoms. The fraction of sp³-hybridized carbons (Fsp3) is 0.579. The Morgan fingerprint density at radius 1 is 1.36 bits per heavy atom. The Kier molecular flexibility index (Phi) is 9.60. The van der Waals surface area contributed by atoms with Crippen LogP contribution in [0.2, 0.25) is 0 Å². The highest BCUT2D eigenvalue weighted by Crippen LogP contribution is 2.22. The van der Waals surface area contributed by atoms with Crippen LogP contribution in [0.4, 0.5) is 5.69 Å². The summed E-state index contributed by atoms with van der Waals surface area (Å²) in [7, 11) is 0. The first-order valence-electron chi connectivity index (χ1n) is 8.84. The van der Waals surface area contributed by atoms with E-state index in [4.69, 9.17) is 4.74 Å². The maximum Gasteiger partial charge on any atom is 0.224 e. The smallest absolute Gasteiger partial charge is 0.224 e. The Hall–Kier alpha value is -2.10. The summed E-state index contributed by atoms with van der Waals surface area (Å²) in [4.78, 5) is 11.8. The van der Waals surface area contributed by atoms with Crippen LogP contribution in [-0.4, -0.2) is 36.3 Å². The van der Waals surface area contributed by atoms with Gasteiger partial charge in [-0.2, -0.15) is 5.26 Å². The van der Waals surface area contributed by atoms with Gasteiger partial charge in [-0.05, 0) is 24.6 Å². The van der Waals surface area contributed by atoms with Crippen molar-refractivity contribution >= 4 is 11.6 Å². The second-order valence-corrected chi connectivity index (χ2v) is 6.36. The van der Waals surface area contributed by atoms with E-state index in [2.05, 4.69) is 23.6 Å². The lowest BCUT2D eigenvalue weighted by molar-refractivity contribution is -0.116. The molecule has 25 heavy (non-hydrogen) atoms. The molecular formula is C19H29N3O3. The van der Waals surface area contributed by atoms with Crippen molar-refractivity contribution < 1.29 is 14.6 Å². The Bertz CT molecular complexity index is 582. The fourth-order valence-corrected chi connectivity index (χ4v) is 2.20. The van der Waals surface area contributed by atoms with Crippen molar-refractivity contribution in [3.8, 4) is 11.8 Å². The third kappa shape index (κ3) is 8.52. The minimum atomic E-state index is -0.660. The summed E-state index contributed by atoms with van der Waals surface area (Å²) in [5.74, 6) is 0.344. The first-order chi connectivity index (χ1) is 12.0. The van der Waals surface area contributed by atoms with E-state index in [0.29, 0.717) is 30.0 Å². The molecule has 1 aromatic rings. The number of unbranched alkanes of at least 4 members (excludes halogenated alkanes) is 2. The van der Waals surface area contributed by atoms with Gasteiger partial charge in [-0.15, -0.1) is 0 Å². The summed E-state index contributed by atoms with van der Waals surface area (Å²) in [5.41, 5.74) is 0.905. The van der Waals surface area contributed by atoms with Crippen molar-refractivity contribution in [2.75, 3.05) is 18.5 Å². The molecule has 6 nitrogen and oxygen atoms in total. The van der Waals surface area contributed by atoms with Crippen LogP contribution in [0.15, 0.2) is 18.2 Å². The molecule has 0 heterocycles. The molecule has 0 radical (unpaired) electrons. The number of amides is 1. The molecule has 0 aliphatic carbocycles. The van der Waals surface area contributed by atoms with E-state index >= 15 is 0 Å². The molecule has 1 aromatic carbocycles. The monoisotopic (exact) mass is 347 g/mol. The van der Waals surface area contributed by atoms with Gasteiger partial charge in [0.25, 0.3) is 0 Å². The number of hydrogen-bond acceptors (Lipinski definition) is 5. The molecule has 0 aliphatic rings. The summed E-state index contributed by atoms with van der Waals surface area (Å²) in [6.45, 7) is 6.60. The van der Waals surface area contributed by atoms with Crippen LogP contribution in [0.1, 0.15) is 52.0 Å². The highest BCUT2D eigenvalue weighted by Gasteiger charge is 2.10. The summed E-state index contributed by atoms with van der Waals surface area (Å²) in [5, 5.41) is 25.1. The first kappa shape index (κ1) is 20.9. The average molecular weight is 347 g/mol. The molecular weight excluding hydrogens is 318 g/mol. The van der Waals surface area contributed by atoms with E-state index in [1.54, 1.807) is 18.2 Å². The molecule has 1 rings (SSSR count). The number of anilines is 1. The van der Waals surface area contributed by atoms with Crippen molar-refractivity contribution in [1.29, 1.82) is 5.26 Å². The Morgan fingerprint density at radius 2 is 2.12 bits per heavy atom. The van der Waals surface area contributed by atoms with Crippen molar-refractivity contribution in [2.45, 2.75) is 58.6 Å². The highest BCUT2D eigenvalue weighted by atomic mass is 16.5. The number of carbonyl (C=O) groups is 1. The molecule has 0 aliphatic heterocycles. The van der Waals surface area contributed by atoms with Gasteiger partial charge in [-0.3, -0.25) is 4.79 Å². The van der Waals surface area contributed by atoms with Crippen molar-refractivity contribution in [3.05, 3.63) is 23.8 Å². The van der Waals surface area contributed by atoms with Gasteiger partial charge in [0.15, 0.2) is 0 Å². The average Bonchev–Trinajstić information content (AvgIpc) is 2.58. The fourth-order valence-electron chi connectivity index (χ4n) is 2.20. The maximum absolute atomic E-state index is 11.8. The lowest BCUT2D eigenvalue weighted by atomic mass is 10.1. The molecule has 3 N–H and O–H groups in total. The second kappa shape index (κ2) is 11.5. The molecule has 0 fully saturated rings. The number of aliphatic hydroxyl groups is 1. The quantitative estimate of drug-likeness (QED) is 0.535. The van der Waals surface area contributed by atoms with Crippen LogP contribution in [0.3, 0.4) is 0 Å². The molecule has 1 unspecified atom stereocenters. The van der Waals surface area contributed by atoms with Crippen LogP contribution in [0.5, 0.6) is 5.75 Å². The maximum atomic E-state index is 11.8. The largest absolute Gasteiger partial charge is 0.489 e. The van der Waals surface area contributed by atoms with Crippen molar-refractivity contribution in [3.63, 3.8) is 0 Å². The zero-order chi connectivity index (χ0) is 18.7. The van der Waals surface area contributed by atoms with Crippen LogP contribution in [0.25, 0.3) is 0 Å². The van der Waals surface area contributed by atoms with Gasteiger partial charge >= 0.3 is 0 Å².